The van der Waals surface area contributed by atoms with Crippen molar-refractivity contribution in [1.29, 1.82) is 0 Å². The summed E-state index contributed by atoms with van der Waals surface area (Å²) in [5, 5.41) is 3.44. The number of carbonyl (C=O) groups excluding carboxylic acids is 1. The zero-order chi connectivity index (χ0) is 14.9. The third-order valence-corrected chi connectivity index (χ3v) is 5.38. The van der Waals surface area contributed by atoms with Crippen molar-refractivity contribution in [3.63, 3.8) is 0 Å². The normalized spacial score (nSPS) is 34.7. The summed E-state index contributed by atoms with van der Waals surface area (Å²) in [6, 6.07) is 0.530. The molecule has 1 heterocycles. The number of likely N-dealkylation sites (tertiary alicyclic amines) is 1. The van der Waals surface area contributed by atoms with Crippen molar-refractivity contribution in [2.24, 2.45) is 23.5 Å². The van der Waals surface area contributed by atoms with E-state index in [2.05, 4.69) is 37.9 Å². The molecule has 4 nitrogen and oxygen atoms in total. The molecule has 3 N–H and O–H groups in total. The van der Waals surface area contributed by atoms with Gasteiger partial charge in [-0.2, -0.15) is 0 Å². The second-order valence-electron chi connectivity index (χ2n) is 7.13. The zero-order valence-electron chi connectivity index (χ0n) is 13.5. The lowest BCUT2D eigenvalue weighted by Gasteiger charge is -2.46. The molecule has 4 atom stereocenters. The Morgan fingerprint density at radius 2 is 2.00 bits per heavy atom. The molecule has 0 aromatic rings. The smallest absolute Gasteiger partial charge is 0.239 e. The summed E-state index contributed by atoms with van der Waals surface area (Å²) in [5.74, 6) is 1.65. The van der Waals surface area contributed by atoms with Gasteiger partial charge in [-0.05, 0) is 50.5 Å². The first kappa shape index (κ1) is 15.8. The van der Waals surface area contributed by atoms with E-state index in [0.29, 0.717) is 23.8 Å². The lowest BCUT2D eigenvalue weighted by molar-refractivity contribution is -0.127. The van der Waals surface area contributed by atoms with E-state index in [1.165, 1.54) is 6.42 Å². The van der Waals surface area contributed by atoms with Crippen LogP contribution in [0.3, 0.4) is 0 Å². The molecule has 0 aromatic carbocycles. The van der Waals surface area contributed by atoms with E-state index in [0.717, 1.165) is 32.5 Å². The Labute approximate surface area is 123 Å². The van der Waals surface area contributed by atoms with E-state index >= 15 is 0 Å². The lowest BCUT2D eigenvalue weighted by atomic mass is 9.83. The minimum atomic E-state index is -0.514. The Bertz CT molecular complexity index is 356. The summed E-state index contributed by atoms with van der Waals surface area (Å²) in [4.78, 5) is 14.7. The average Bonchev–Trinajstić information content (AvgIpc) is 3.18. The maximum absolute atomic E-state index is 12.2. The number of hydrogen-bond donors (Lipinski definition) is 2. The van der Waals surface area contributed by atoms with Crippen molar-refractivity contribution >= 4 is 5.91 Å². The van der Waals surface area contributed by atoms with Crippen LogP contribution >= 0.6 is 0 Å². The molecule has 1 aliphatic heterocycles. The van der Waals surface area contributed by atoms with Crippen molar-refractivity contribution < 1.29 is 4.79 Å². The number of carbonyl (C=O) groups is 1. The molecular formula is C16H31N3O. The van der Waals surface area contributed by atoms with E-state index in [1.54, 1.807) is 0 Å². The molecule has 1 aliphatic carbocycles. The molecule has 2 aliphatic rings. The van der Waals surface area contributed by atoms with Gasteiger partial charge in [-0.15, -0.1) is 0 Å². The number of nitrogens with zero attached hydrogens (tertiary/aromatic N) is 1. The lowest BCUT2D eigenvalue weighted by Crippen LogP contribution is -2.65. The highest BCUT2D eigenvalue weighted by molar-refractivity contribution is 5.86. The third-order valence-electron chi connectivity index (χ3n) is 5.38. The number of primary amides is 1. The zero-order valence-corrected chi connectivity index (χ0v) is 13.5. The van der Waals surface area contributed by atoms with Gasteiger partial charge < -0.3 is 11.1 Å². The maximum Gasteiger partial charge on any atom is 0.239 e. The summed E-state index contributed by atoms with van der Waals surface area (Å²) in [6.07, 6.45) is 3.54. The number of nitrogens with two attached hydrogens (primary N) is 1. The van der Waals surface area contributed by atoms with Crippen LogP contribution in [-0.4, -0.2) is 42.0 Å². The summed E-state index contributed by atoms with van der Waals surface area (Å²) >= 11 is 0. The van der Waals surface area contributed by atoms with Gasteiger partial charge in [0, 0.05) is 19.1 Å². The van der Waals surface area contributed by atoms with Gasteiger partial charge in [-0.25, -0.2) is 0 Å². The second kappa shape index (κ2) is 6.02. The molecule has 0 aromatic heterocycles. The highest BCUT2D eigenvalue weighted by Crippen LogP contribution is 2.41. The first-order valence-corrected chi connectivity index (χ1v) is 8.19. The average molecular weight is 281 g/mol. The Hall–Kier alpha value is -0.610. The van der Waals surface area contributed by atoms with Gasteiger partial charge in [0.15, 0.2) is 0 Å². The molecule has 4 heteroatoms. The number of amides is 1. The van der Waals surface area contributed by atoms with Gasteiger partial charge in [-0.1, -0.05) is 20.8 Å². The molecule has 20 heavy (non-hydrogen) atoms. The molecular weight excluding hydrogens is 250 g/mol. The number of hydrogen-bond acceptors (Lipinski definition) is 3. The van der Waals surface area contributed by atoms with Gasteiger partial charge in [0.05, 0.1) is 0 Å². The monoisotopic (exact) mass is 281 g/mol. The van der Waals surface area contributed by atoms with Crippen LogP contribution in [-0.2, 0) is 4.79 Å². The molecule has 4 unspecified atom stereocenters. The first-order valence-electron chi connectivity index (χ1n) is 8.19. The van der Waals surface area contributed by atoms with E-state index in [1.807, 2.05) is 0 Å². The van der Waals surface area contributed by atoms with Crippen LogP contribution in [0.25, 0.3) is 0 Å². The molecule has 1 saturated heterocycles. The Morgan fingerprint density at radius 3 is 2.50 bits per heavy atom. The first-order chi connectivity index (χ1) is 9.40. The summed E-state index contributed by atoms with van der Waals surface area (Å²) in [5.41, 5.74) is 5.29. The van der Waals surface area contributed by atoms with E-state index in [9.17, 15) is 4.79 Å². The summed E-state index contributed by atoms with van der Waals surface area (Å²) < 4.78 is 0. The number of nitrogens with one attached hydrogen (secondary N) is 1. The molecule has 116 valence electrons. The van der Waals surface area contributed by atoms with Crippen LogP contribution in [0.5, 0.6) is 0 Å². The van der Waals surface area contributed by atoms with Gasteiger partial charge in [0.2, 0.25) is 5.91 Å². The van der Waals surface area contributed by atoms with Crippen LogP contribution in [0.4, 0.5) is 0 Å². The number of rotatable bonds is 6. The van der Waals surface area contributed by atoms with E-state index in [4.69, 9.17) is 5.73 Å². The SMILES string of the molecule is CCNC(CN1CC(C)CC(C)C1C)(C(N)=O)C1CC1. The van der Waals surface area contributed by atoms with Crippen molar-refractivity contribution in [2.45, 2.75) is 58.5 Å². The molecule has 0 radical (unpaired) electrons. The Balaban J connectivity index is 2.16. The van der Waals surface area contributed by atoms with Crippen molar-refractivity contribution in [3.05, 3.63) is 0 Å². The molecule has 2 fully saturated rings. The predicted octanol–water partition coefficient (Wildman–Crippen LogP) is 1.60. The highest BCUT2D eigenvalue weighted by atomic mass is 16.1. The topological polar surface area (TPSA) is 58.4 Å². The second-order valence-corrected chi connectivity index (χ2v) is 7.13. The fraction of sp³-hybridized carbons (Fsp3) is 0.938. The van der Waals surface area contributed by atoms with Gasteiger partial charge in [-0.3, -0.25) is 9.69 Å². The quantitative estimate of drug-likeness (QED) is 0.777. The Kier molecular flexibility index (Phi) is 4.75. The summed E-state index contributed by atoms with van der Waals surface area (Å²) in [7, 11) is 0. The minimum absolute atomic E-state index is 0.167. The highest BCUT2D eigenvalue weighted by Gasteiger charge is 2.51. The largest absolute Gasteiger partial charge is 0.368 e. The third kappa shape index (κ3) is 3.01. The fourth-order valence-electron chi connectivity index (χ4n) is 3.95. The molecule has 0 bridgehead atoms. The van der Waals surface area contributed by atoms with Crippen molar-refractivity contribution in [2.75, 3.05) is 19.6 Å². The van der Waals surface area contributed by atoms with Crippen LogP contribution in [0.15, 0.2) is 0 Å². The molecule has 0 spiro atoms. The number of likely N-dealkylation sites (N-methyl/N-ethyl adjacent to an activating group) is 1. The van der Waals surface area contributed by atoms with Crippen LogP contribution < -0.4 is 11.1 Å². The Morgan fingerprint density at radius 1 is 1.35 bits per heavy atom. The molecule has 1 saturated carbocycles. The van der Waals surface area contributed by atoms with Crippen LogP contribution in [0.2, 0.25) is 0 Å². The maximum atomic E-state index is 12.2. The fourth-order valence-corrected chi connectivity index (χ4v) is 3.95. The predicted molar refractivity (Wildman–Crippen MR) is 82.3 cm³/mol. The minimum Gasteiger partial charge on any atom is -0.368 e. The summed E-state index contributed by atoms with van der Waals surface area (Å²) in [6.45, 7) is 11.6. The van der Waals surface area contributed by atoms with Gasteiger partial charge >= 0.3 is 0 Å². The van der Waals surface area contributed by atoms with Gasteiger partial charge in [0.25, 0.3) is 0 Å². The number of piperidine rings is 1. The standard InChI is InChI=1S/C16H31N3O/c1-5-18-16(15(17)20,14-6-7-14)10-19-9-11(2)8-12(3)13(19)4/h11-14,18H,5-10H2,1-4H3,(H2,17,20). The van der Waals surface area contributed by atoms with Gasteiger partial charge in [0.1, 0.15) is 5.54 Å². The van der Waals surface area contributed by atoms with E-state index in [-0.39, 0.29) is 5.91 Å². The molecule has 2 rings (SSSR count). The van der Waals surface area contributed by atoms with Crippen molar-refractivity contribution in [3.8, 4) is 0 Å². The van der Waals surface area contributed by atoms with Crippen molar-refractivity contribution in [1.82, 2.24) is 10.2 Å². The van der Waals surface area contributed by atoms with Crippen LogP contribution in [0.1, 0.15) is 47.0 Å². The van der Waals surface area contributed by atoms with Crippen LogP contribution in [0, 0.1) is 17.8 Å². The molecule has 1 amide bonds. The van der Waals surface area contributed by atoms with E-state index < -0.39 is 5.54 Å².